The lowest BCUT2D eigenvalue weighted by atomic mass is 10.5. The van der Waals surface area contributed by atoms with Crippen molar-refractivity contribution in [1.82, 2.24) is 0 Å². The van der Waals surface area contributed by atoms with Crippen LogP contribution in [0.2, 0.25) is 10.1 Å². The number of hydrogen-bond donors (Lipinski definition) is 0. The van der Waals surface area contributed by atoms with Gasteiger partial charge < -0.3 is 0 Å². The summed E-state index contributed by atoms with van der Waals surface area (Å²) < 4.78 is 1.04. The Bertz CT molecular complexity index is 33.2. The highest BCUT2D eigenvalue weighted by atomic mass is 27.1. The molecule has 0 atom stereocenters. The molecule has 42 valence electrons. The molecule has 0 spiro atoms. The summed E-state index contributed by atoms with van der Waals surface area (Å²) in [6.07, 6.45) is 1.41. The molecule has 0 aromatic heterocycles. The zero-order valence-electron chi connectivity index (χ0n) is 5.70. The van der Waals surface area contributed by atoms with E-state index in [-0.39, 0.29) is 0 Å². The van der Waals surface area contributed by atoms with Crippen LogP contribution in [0.15, 0.2) is 0 Å². The topological polar surface area (TPSA) is 0 Å². The van der Waals surface area contributed by atoms with E-state index in [2.05, 4.69) is 20.8 Å². The van der Waals surface area contributed by atoms with Crippen LogP contribution < -0.4 is 0 Å². The molecule has 0 nitrogen and oxygen atoms in total. The fourth-order valence-electron chi connectivity index (χ4n) is 0.612. The molecular weight excluding hydrogens is 99.0 g/mol. The van der Waals surface area contributed by atoms with Crippen molar-refractivity contribution in [3.8, 4) is 0 Å². The van der Waals surface area contributed by atoms with Crippen molar-refractivity contribution in [2.24, 2.45) is 0 Å². The second kappa shape index (κ2) is 4.69. The quantitative estimate of drug-likeness (QED) is 0.493. The van der Waals surface area contributed by atoms with Crippen molar-refractivity contribution in [3.05, 3.63) is 0 Å². The largest absolute Gasteiger partial charge is 0.240 e. The van der Waals surface area contributed by atoms with Gasteiger partial charge in [-0.1, -0.05) is 37.3 Å². The molecule has 0 aliphatic carbocycles. The Morgan fingerprint density at radius 1 is 1.43 bits per heavy atom. The summed E-state index contributed by atoms with van der Waals surface area (Å²) in [6.45, 7) is 6.94. The summed E-state index contributed by atoms with van der Waals surface area (Å²) in [6, 6.07) is 0. The Kier molecular flexibility index (Phi) is 5.04. The minimum Gasteiger partial charge on any atom is -0.0973 e. The fraction of sp³-hybridized carbons (Fsp3) is 1.00. The molecule has 0 bridgehead atoms. The first kappa shape index (κ1) is 7.53. The average Bonchev–Trinajstić information content (AvgIpc) is 1.61. The van der Waals surface area contributed by atoms with Gasteiger partial charge in [0.25, 0.3) is 0 Å². The van der Waals surface area contributed by atoms with Crippen molar-refractivity contribution in [1.29, 1.82) is 0 Å². The van der Waals surface area contributed by atoms with E-state index in [1.165, 1.54) is 11.7 Å². The highest BCUT2D eigenvalue weighted by Gasteiger charge is 1.94. The molecule has 0 saturated heterocycles. The predicted molar refractivity (Wildman–Crippen MR) is 37.3 cm³/mol. The molecule has 0 rings (SSSR count). The maximum absolute atomic E-state index is 2.34. The van der Waals surface area contributed by atoms with Crippen LogP contribution in [0.5, 0.6) is 0 Å². The van der Waals surface area contributed by atoms with Crippen molar-refractivity contribution in [2.75, 3.05) is 0 Å². The number of hydrogen-bond acceptors (Lipinski definition) is 0. The summed E-state index contributed by atoms with van der Waals surface area (Å²) in [4.78, 5) is 0. The summed E-state index contributed by atoms with van der Waals surface area (Å²) in [5.41, 5.74) is 0. The van der Waals surface area contributed by atoms with E-state index in [0.717, 1.165) is 4.78 Å². The lowest BCUT2D eigenvalue weighted by molar-refractivity contribution is 1.00. The third-order valence-corrected chi connectivity index (χ3v) is 3.41. The second-order valence-electron chi connectivity index (χ2n) is 2.54. The van der Waals surface area contributed by atoms with Gasteiger partial charge >= 0.3 is 0 Å². The van der Waals surface area contributed by atoms with Gasteiger partial charge in [0.1, 0.15) is 0 Å². The van der Waals surface area contributed by atoms with E-state index in [1.807, 2.05) is 0 Å². The zero-order valence-corrected chi connectivity index (χ0v) is 7.11. The van der Waals surface area contributed by atoms with Crippen LogP contribution in [0.1, 0.15) is 27.2 Å². The van der Waals surface area contributed by atoms with Gasteiger partial charge in [0.05, 0.1) is 0 Å². The Balaban J connectivity index is 2.68. The summed E-state index contributed by atoms with van der Waals surface area (Å²) >= 11 is 0.346. The van der Waals surface area contributed by atoms with Crippen molar-refractivity contribution in [2.45, 2.75) is 37.3 Å². The van der Waals surface area contributed by atoms with Gasteiger partial charge in [-0.25, -0.2) is 0 Å². The van der Waals surface area contributed by atoms with Crippen molar-refractivity contribution >= 4 is 15.2 Å². The summed E-state index contributed by atoms with van der Waals surface area (Å²) in [5.74, 6) is 0. The zero-order chi connectivity index (χ0) is 5.70. The van der Waals surface area contributed by atoms with E-state index >= 15 is 0 Å². The first-order valence-corrected chi connectivity index (χ1v) is 5.09. The Labute approximate surface area is 53.0 Å². The molecule has 0 amide bonds. The highest BCUT2D eigenvalue weighted by molar-refractivity contribution is 6.37. The van der Waals surface area contributed by atoms with Crippen LogP contribution in [0, 0.1) is 0 Å². The fourth-order valence-corrected chi connectivity index (χ4v) is 1.84. The first-order chi connectivity index (χ1) is 3.27. The minimum absolute atomic E-state index is 0.346. The average molecular weight is 114 g/mol. The van der Waals surface area contributed by atoms with Gasteiger partial charge in [0.2, 0.25) is 15.2 Å². The van der Waals surface area contributed by atoms with Crippen LogP contribution in [-0.2, 0) is 0 Å². The Hall–Kier alpha value is 0.532. The molecule has 0 aromatic carbocycles. The van der Waals surface area contributed by atoms with Crippen molar-refractivity contribution in [3.63, 3.8) is 0 Å². The monoisotopic (exact) mass is 114 g/mol. The van der Waals surface area contributed by atoms with E-state index in [0.29, 0.717) is 15.2 Å². The smallest absolute Gasteiger partial charge is 0.0973 e. The van der Waals surface area contributed by atoms with Gasteiger partial charge in [-0.15, -0.1) is 0 Å². The third kappa shape index (κ3) is 6.53. The van der Waals surface area contributed by atoms with Crippen molar-refractivity contribution < 1.29 is 0 Å². The molecule has 0 radical (unpaired) electrons. The van der Waals surface area contributed by atoms with Crippen LogP contribution in [0.3, 0.4) is 0 Å². The molecule has 0 aromatic rings. The highest BCUT2D eigenvalue weighted by Crippen LogP contribution is 2.00. The molecule has 0 aliphatic rings. The summed E-state index contributed by atoms with van der Waals surface area (Å²) in [5, 5.41) is 1.54. The SMILES string of the molecule is CC[CH2][AlH][CH](C)C. The molecule has 1 heteroatoms. The van der Waals surface area contributed by atoms with E-state index < -0.39 is 0 Å². The van der Waals surface area contributed by atoms with Gasteiger partial charge in [-0.05, 0) is 0 Å². The maximum atomic E-state index is 2.34. The van der Waals surface area contributed by atoms with E-state index in [1.54, 1.807) is 0 Å². The van der Waals surface area contributed by atoms with Crippen LogP contribution >= 0.6 is 0 Å². The van der Waals surface area contributed by atoms with E-state index in [9.17, 15) is 0 Å². The normalized spacial score (nSPS) is 9.71. The molecule has 0 N–H and O–H groups in total. The lowest BCUT2D eigenvalue weighted by Gasteiger charge is -1.94. The van der Waals surface area contributed by atoms with E-state index in [4.69, 9.17) is 0 Å². The Morgan fingerprint density at radius 2 is 2.00 bits per heavy atom. The molecule has 7 heavy (non-hydrogen) atoms. The second-order valence-corrected chi connectivity index (χ2v) is 5.45. The molecular formula is C6H15Al. The Morgan fingerprint density at radius 3 is 2.14 bits per heavy atom. The molecule has 0 saturated carbocycles. The minimum atomic E-state index is 0.346. The maximum Gasteiger partial charge on any atom is 0.240 e. The van der Waals surface area contributed by atoms with Gasteiger partial charge in [0, 0.05) is 0 Å². The lowest BCUT2D eigenvalue weighted by Crippen LogP contribution is -1.91. The molecule has 0 heterocycles. The molecule has 0 fully saturated rings. The molecule has 0 unspecified atom stereocenters. The third-order valence-electron chi connectivity index (χ3n) is 1.14. The van der Waals surface area contributed by atoms with Gasteiger partial charge in [0.15, 0.2) is 0 Å². The predicted octanol–water partition coefficient (Wildman–Crippen LogP) is 2.08. The standard InChI is InChI=1S/2C3H7.Al.H/c2*1-3-2;;/h3H,1-2H3;1,3H2,2H3;;. The summed E-state index contributed by atoms with van der Waals surface area (Å²) in [7, 11) is 0. The van der Waals surface area contributed by atoms with Crippen LogP contribution in [0.25, 0.3) is 0 Å². The van der Waals surface area contributed by atoms with Crippen LogP contribution in [0.4, 0.5) is 0 Å². The first-order valence-electron chi connectivity index (χ1n) is 3.27. The van der Waals surface area contributed by atoms with Crippen LogP contribution in [-0.4, -0.2) is 15.2 Å². The number of rotatable bonds is 3. The van der Waals surface area contributed by atoms with Gasteiger partial charge in [-0.3, -0.25) is 0 Å². The molecule has 0 aliphatic heterocycles. The van der Waals surface area contributed by atoms with Gasteiger partial charge in [-0.2, -0.15) is 0 Å².